The number of aliphatic imine (C=N–C) groups is 1. The molecule has 5 rings (SSSR count). The van der Waals surface area contributed by atoms with Gasteiger partial charge in [-0.05, 0) is 49.9 Å². The molecule has 2 aromatic heterocycles. The van der Waals surface area contributed by atoms with Crippen LogP contribution in [0.5, 0.6) is 0 Å². The molecule has 3 aromatic rings. The maximum Gasteiger partial charge on any atom is 0.207 e. The monoisotopic (exact) mass is 349 g/mol. The third-order valence-corrected chi connectivity index (χ3v) is 6.01. The molecular weight excluding hydrogens is 330 g/mol. The summed E-state index contributed by atoms with van der Waals surface area (Å²) in [6.07, 6.45) is 7.58. The van der Waals surface area contributed by atoms with Gasteiger partial charge in [0, 0.05) is 6.20 Å². The number of nitrogens with one attached hydrogen (secondary N) is 1. The molecule has 0 bridgehead atoms. The number of aromatic nitrogens is 2. The molecule has 1 fully saturated rings. The van der Waals surface area contributed by atoms with E-state index in [0.29, 0.717) is 0 Å². The zero-order valence-corrected chi connectivity index (χ0v) is 14.7. The molecule has 126 valence electrons. The predicted molar refractivity (Wildman–Crippen MR) is 102 cm³/mol. The van der Waals surface area contributed by atoms with Gasteiger partial charge in [0.2, 0.25) is 5.13 Å². The van der Waals surface area contributed by atoms with Crippen LogP contribution in [0.2, 0.25) is 0 Å². The van der Waals surface area contributed by atoms with Gasteiger partial charge in [-0.3, -0.25) is 10.4 Å². The van der Waals surface area contributed by atoms with Crippen molar-refractivity contribution in [3.63, 3.8) is 0 Å². The molecule has 1 spiro atoms. The molecule has 1 aromatic carbocycles. The maximum atomic E-state index is 5.11. The van der Waals surface area contributed by atoms with Gasteiger partial charge < -0.3 is 0 Å². The molecule has 5 nitrogen and oxygen atoms in total. The van der Waals surface area contributed by atoms with Crippen LogP contribution in [0.3, 0.4) is 0 Å². The van der Waals surface area contributed by atoms with Gasteiger partial charge in [0.25, 0.3) is 0 Å². The Hall–Kier alpha value is -2.47. The molecule has 0 unspecified atom stereocenters. The lowest BCUT2D eigenvalue weighted by Crippen LogP contribution is -2.51. The number of rotatable bonds is 2. The number of pyridine rings is 1. The molecule has 6 heteroatoms. The van der Waals surface area contributed by atoms with Crippen LogP contribution in [0, 0.1) is 0 Å². The fourth-order valence-corrected chi connectivity index (χ4v) is 4.76. The number of fused-ring (bicyclic) bond motifs is 1. The van der Waals surface area contributed by atoms with E-state index in [2.05, 4.69) is 33.6 Å². The fourth-order valence-electron chi connectivity index (χ4n) is 3.75. The molecule has 0 atom stereocenters. The highest BCUT2D eigenvalue weighted by Crippen LogP contribution is 2.42. The van der Waals surface area contributed by atoms with Crippen LogP contribution in [-0.4, -0.2) is 21.5 Å². The first kappa shape index (κ1) is 14.8. The fraction of sp³-hybridized carbons (Fsp3) is 0.316. The van der Waals surface area contributed by atoms with Crippen molar-refractivity contribution in [2.75, 3.05) is 5.01 Å². The van der Waals surface area contributed by atoms with Crippen molar-refractivity contribution in [3.8, 4) is 0 Å². The lowest BCUT2D eigenvalue weighted by Gasteiger charge is -2.38. The summed E-state index contributed by atoms with van der Waals surface area (Å²) in [6, 6.07) is 14.2. The Balaban J connectivity index is 1.58. The SMILES string of the molecule is c1ccc(C2=NC3(CCCCC3)N(c3nc4ccccc4s3)N2)nc1. The summed E-state index contributed by atoms with van der Waals surface area (Å²) in [4.78, 5) is 14.4. The second kappa shape index (κ2) is 5.81. The number of nitrogens with zero attached hydrogens (tertiary/aromatic N) is 4. The quantitative estimate of drug-likeness (QED) is 0.756. The van der Waals surface area contributed by atoms with Crippen LogP contribution in [0.25, 0.3) is 10.2 Å². The second-order valence-electron chi connectivity index (χ2n) is 6.63. The molecule has 1 N–H and O–H groups in total. The predicted octanol–water partition coefficient (Wildman–Crippen LogP) is 4.12. The van der Waals surface area contributed by atoms with E-state index in [4.69, 9.17) is 9.98 Å². The number of anilines is 1. The van der Waals surface area contributed by atoms with E-state index in [1.54, 1.807) is 11.3 Å². The first-order chi connectivity index (χ1) is 12.3. The van der Waals surface area contributed by atoms with Crippen LogP contribution >= 0.6 is 11.3 Å². The van der Waals surface area contributed by atoms with Gasteiger partial charge in [0.1, 0.15) is 5.69 Å². The summed E-state index contributed by atoms with van der Waals surface area (Å²) in [5, 5.41) is 3.18. The molecule has 2 aliphatic rings. The lowest BCUT2D eigenvalue weighted by molar-refractivity contribution is 0.292. The molecule has 1 aliphatic heterocycles. The number of hydrogen-bond donors (Lipinski definition) is 1. The van der Waals surface area contributed by atoms with Gasteiger partial charge >= 0.3 is 0 Å². The molecule has 0 saturated heterocycles. The topological polar surface area (TPSA) is 53.4 Å². The third kappa shape index (κ3) is 2.48. The molecule has 25 heavy (non-hydrogen) atoms. The van der Waals surface area contributed by atoms with Gasteiger partial charge in [-0.2, -0.15) is 0 Å². The minimum absolute atomic E-state index is 0.237. The van der Waals surface area contributed by atoms with Crippen molar-refractivity contribution in [2.45, 2.75) is 37.8 Å². The number of para-hydroxylation sites is 1. The van der Waals surface area contributed by atoms with Gasteiger partial charge in [-0.1, -0.05) is 36.0 Å². The number of hydrogen-bond acceptors (Lipinski definition) is 6. The lowest BCUT2D eigenvalue weighted by atomic mass is 9.89. The van der Waals surface area contributed by atoms with E-state index in [1.807, 2.05) is 30.5 Å². The van der Waals surface area contributed by atoms with Crippen LogP contribution in [0.4, 0.5) is 5.13 Å². The average molecular weight is 349 g/mol. The van der Waals surface area contributed by atoms with Crippen LogP contribution in [0.15, 0.2) is 53.7 Å². The standard InChI is InChI=1S/C19H19N5S/c1-5-11-19(12-6-1)22-17(15-9-4-7-13-20-15)23-24(19)18-21-14-8-2-3-10-16(14)25-18/h2-4,7-10,13H,1,5-6,11-12H2,(H,22,23). The van der Waals surface area contributed by atoms with Crippen molar-refractivity contribution >= 4 is 32.5 Å². The van der Waals surface area contributed by atoms with Crippen molar-refractivity contribution in [2.24, 2.45) is 4.99 Å². The summed E-state index contributed by atoms with van der Waals surface area (Å²) >= 11 is 1.72. The Morgan fingerprint density at radius 3 is 2.64 bits per heavy atom. The Bertz CT molecular complexity index is 894. The Morgan fingerprint density at radius 1 is 1.00 bits per heavy atom. The Labute approximate surface area is 150 Å². The first-order valence-corrected chi connectivity index (χ1v) is 9.59. The molecule has 0 radical (unpaired) electrons. The summed E-state index contributed by atoms with van der Waals surface area (Å²) < 4.78 is 1.21. The number of benzene rings is 1. The Morgan fingerprint density at radius 2 is 1.84 bits per heavy atom. The van der Waals surface area contributed by atoms with Gasteiger partial charge in [0.05, 0.1) is 10.2 Å². The van der Waals surface area contributed by atoms with Crippen LogP contribution in [-0.2, 0) is 0 Å². The smallest absolute Gasteiger partial charge is 0.207 e. The largest absolute Gasteiger partial charge is 0.276 e. The van der Waals surface area contributed by atoms with E-state index < -0.39 is 0 Å². The summed E-state index contributed by atoms with van der Waals surface area (Å²) in [5.41, 5.74) is 5.21. The van der Waals surface area contributed by atoms with E-state index in [9.17, 15) is 0 Å². The zero-order valence-electron chi connectivity index (χ0n) is 13.9. The van der Waals surface area contributed by atoms with Gasteiger partial charge in [0.15, 0.2) is 11.5 Å². The maximum absolute atomic E-state index is 5.11. The van der Waals surface area contributed by atoms with E-state index >= 15 is 0 Å². The highest BCUT2D eigenvalue weighted by molar-refractivity contribution is 7.22. The average Bonchev–Trinajstić information content (AvgIpc) is 3.25. The third-order valence-electron chi connectivity index (χ3n) is 4.99. The molecule has 3 heterocycles. The molecule has 1 saturated carbocycles. The number of hydrazine groups is 1. The minimum atomic E-state index is -0.237. The van der Waals surface area contributed by atoms with Gasteiger partial charge in [-0.25, -0.2) is 15.0 Å². The van der Waals surface area contributed by atoms with Crippen LogP contribution in [0.1, 0.15) is 37.8 Å². The molecule has 0 amide bonds. The van der Waals surface area contributed by atoms with Crippen LogP contribution < -0.4 is 10.4 Å². The zero-order chi connectivity index (χ0) is 16.7. The second-order valence-corrected chi connectivity index (χ2v) is 7.64. The van der Waals surface area contributed by atoms with Crippen molar-refractivity contribution in [1.82, 2.24) is 15.4 Å². The van der Waals surface area contributed by atoms with Gasteiger partial charge in [-0.15, -0.1) is 0 Å². The van der Waals surface area contributed by atoms with Crippen molar-refractivity contribution in [3.05, 3.63) is 54.4 Å². The van der Waals surface area contributed by atoms with E-state index in [0.717, 1.165) is 35.0 Å². The summed E-state index contributed by atoms with van der Waals surface area (Å²) in [7, 11) is 0. The highest BCUT2D eigenvalue weighted by atomic mass is 32.1. The number of amidine groups is 1. The first-order valence-electron chi connectivity index (χ1n) is 8.78. The molecular formula is C19H19N5S. The van der Waals surface area contributed by atoms with E-state index in [1.165, 1.54) is 24.0 Å². The van der Waals surface area contributed by atoms with Crippen molar-refractivity contribution < 1.29 is 0 Å². The van der Waals surface area contributed by atoms with Crippen molar-refractivity contribution in [1.29, 1.82) is 0 Å². The Kier molecular flexibility index (Phi) is 3.45. The number of thiazole rings is 1. The van der Waals surface area contributed by atoms with E-state index in [-0.39, 0.29) is 5.66 Å². The molecule has 1 aliphatic carbocycles. The summed E-state index contributed by atoms with van der Waals surface area (Å²) in [6.45, 7) is 0. The summed E-state index contributed by atoms with van der Waals surface area (Å²) in [5.74, 6) is 0.849. The highest BCUT2D eigenvalue weighted by Gasteiger charge is 2.45. The minimum Gasteiger partial charge on any atom is -0.276 e. The normalized spacial score (nSPS) is 19.2.